The van der Waals surface area contributed by atoms with Crippen LogP contribution in [0.15, 0.2) is 200 Å². The first-order valence-electron chi connectivity index (χ1n) is 22.9. The Labute approximate surface area is 449 Å². The van der Waals surface area contributed by atoms with E-state index in [9.17, 15) is 9.59 Å². The van der Waals surface area contributed by atoms with Gasteiger partial charge in [0.1, 0.15) is 27.9 Å². The summed E-state index contributed by atoms with van der Waals surface area (Å²) in [7, 11) is 8.83. The highest BCUT2D eigenvalue weighted by molar-refractivity contribution is 9.10. The van der Waals surface area contributed by atoms with E-state index in [4.69, 9.17) is 15.7 Å². The van der Waals surface area contributed by atoms with Gasteiger partial charge in [-0.3, -0.25) is 28.7 Å². The van der Waals surface area contributed by atoms with Gasteiger partial charge in [-0.1, -0.05) is 56.0 Å². The van der Waals surface area contributed by atoms with Crippen LogP contribution in [0.2, 0.25) is 0 Å². The van der Waals surface area contributed by atoms with Crippen molar-refractivity contribution in [2.24, 2.45) is 28.2 Å². The maximum atomic E-state index is 11.5. The van der Waals surface area contributed by atoms with Gasteiger partial charge >= 0.3 is 5.97 Å². The first-order chi connectivity index (χ1) is 36.4. The van der Waals surface area contributed by atoms with Crippen molar-refractivity contribution in [1.29, 1.82) is 0 Å². The maximum Gasteiger partial charge on any atom is 0.337 e. The van der Waals surface area contributed by atoms with Crippen LogP contribution < -0.4 is 26.3 Å². The van der Waals surface area contributed by atoms with Crippen LogP contribution in [-0.2, 0) is 46.0 Å². The number of aryl methyl sites for hydroxylation is 4. The number of benzene rings is 2. The summed E-state index contributed by atoms with van der Waals surface area (Å²) in [6, 6.07) is 44.7. The average Bonchev–Trinajstić information content (AvgIpc) is 4.27. The Morgan fingerprint density at radius 3 is 1.34 bits per heavy atom. The molecule has 10 aromatic rings. The molecule has 0 aliphatic heterocycles. The average molecular weight is 1090 g/mol. The molecule has 392 valence electrons. The third-order valence-corrected chi connectivity index (χ3v) is 10.6. The summed E-state index contributed by atoms with van der Waals surface area (Å²) in [6.45, 7) is 1.14. The second kappa shape index (κ2) is 29.8. The minimum atomic E-state index is -0.534. The van der Waals surface area contributed by atoms with Crippen molar-refractivity contribution in [3.8, 4) is 0 Å². The zero-order valence-corrected chi connectivity index (χ0v) is 43.4. The second-order valence-corrected chi connectivity index (χ2v) is 16.7. The lowest BCUT2D eigenvalue weighted by Gasteiger charge is -2.21. The van der Waals surface area contributed by atoms with Gasteiger partial charge in [-0.15, -0.1) is 0 Å². The van der Waals surface area contributed by atoms with Gasteiger partial charge in [0.25, 0.3) is 5.91 Å². The Bertz CT molecular complexity index is 3070. The number of pyridine rings is 4. The van der Waals surface area contributed by atoms with Crippen LogP contribution in [-0.4, -0.2) is 83.3 Å². The van der Waals surface area contributed by atoms with Crippen LogP contribution in [0, 0.1) is 0 Å². The first kappa shape index (κ1) is 57.4. The van der Waals surface area contributed by atoms with E-state index in [-0.39, 0.29) is 13.4 Å². The third kappa shape index (κ3) is 18.5. The van der Waals surface area contributed by atoms with Crippen molar-refractivity contribution in [3.05, 3.63) is 222 Å². The van der Waals surface area contributed by atoms with Crippen molar-refractivity contribution >= 4 is 68.5 Å². The fourth-order valence-electron chi connectivity index (χ4n) is 6.56. The van der Waals surface area contributed by atoms with E-state index in [2.05, 4.69) is 61.6 Å². The molecule has 0 atom stereocenters. The fraction of sp³-hybridized carbons (Fsp3) is 0.148. The van der Waals surface area contributed by atoms with Gasteiger partial charge in [-0.2, -0.15) is 20.4 Å². The number of anilines is 7. The number of halogens is 1. The molecule has 0 radical (unpaired) electrons. The van der Waals surface area contributed by atoms with Crippen LogP contribution in [0.3, 0.4) is 0 Å². The van der Waals surface area contributed by atoms with Crippen molar-refractivity contribution in [2.45, 2.75) is 20.5 Å². The highest BCUT2D eigenvalue weighted by Crippen LogP contribution is 2.26. The summed E-state index contributed by atoms with van der Waals surface area (Å²) < 4.78 is 12.5. The molecule has 8 aromatic heterocycles. The molecule has 0 bridgehead atoms. The normalized spacial score (nSPS) is 9.93. The van der Waals surface area contributed by atoms with Gasteiger partial charge in [0.15, 0.2) is 17.5 Å². The first-order valence-corrected chi connectivity index (χ1v) is 23.7. The van der Waals surface area contributed by atoms with E-state index in [0.717, 1.165) is 50.6 Å². The van der Waals surface area contributed by atoms with Gasteiger partial charge in [0, 0.05) is 102 Å². The highest BCUT2D eigenvalue weighted by atomic mass is 79.9. The number of methoxy groups -OCH3 is 1. The Kier molecular flexibility index (Phi) is 22.5. The fourth-order valence-corrected chi connectivity index (χ4v) is 6.83. The number of hydrogen-bond acceptors (Lipinski definition) is 16. The molecule has 21 nitrogen and oxygen atoms in total. The van der Waals surface area contributed by atoms with E-state index in [1.165, 1.54) is 7.11 Å². The molecule has 2 aromatic carbocycles. The SMILES string of the molecule is Brc1ccccn1.C.COC(=O)c1ccc(CN(c2ccccn2)c2ccn(C)n2)cc1.Cn1ccc(N(Cc2ccc(C(=O)NO)cc2)c2ccccn2)n1.Cn1ccc(N)n1.Cn1ccc(Nc2ccccn2)n1. The highest BCUT2D eigenvalue weighted by Gasteiger charge is 2.16. The number of nitrogens with two attached hydrogens (primary N) is 1. The molecule has 0 fully saturated rings. The molecule has 0 spiro atoms. The monoisotopic (exact) mass is 1090 g/mol. The quantitative estimate of drug-likeness (QED) is 0.0385. The number of ether oxygens (including phenoxy) is 1. The van der Waals surface area contributed by atoms with Gasteiger partial charge in [-0.05, 0) is 106 Å². The molecule has 0 saturated heterocycles. The molecule has 8 heterocycles. The number of amides is 1. The largest absolute Gasteiger partial charge is 0.465 e. The molecule has 10 rings (SSSR count). The molecule has 76 heavy (non-hydrogen) atoms. The topological polar surface area (TPSA) is 243 Å². The summed E-state index contributed by atoms with van der Waals surface area (Å²) in [5, 5.41) is 28.7. The van der Waals surface area contributed by atoms with Gasteiger partial charge in [-0.25, -0.2) is 30.2 Å². The number of nitrogens with one attached hydrogen (secondary N) is 2. The van der Waals surface area contributed by atoms with Crippen LogP contribution >= 0.6 is 15.9 Å². The van der Waals surface area contributed by atoms with Crippen LogP contribution in [0.1, 0.15) is 39.3 Å². The lowest BCUT2D eigenvalue weighted by Crippen LogP contribution is -2.20. The van der Waals surface area contributed by atoms with E-state index < -0.39 is 5.91 Å². The molecule has 0 saturated carbocycles. The van der Waals surface area contributed by atoms with Crippen molar-refractivity contribution in [2.75, 3.05) is 28.0 Å². The Hall–Kier alpha value is -9.54. The summed E-state index contributed by atoms with van der Waals surface area (Å²) in [5.41, 5.74) is 9.82. The minimum Gasteiger partial charge on any atom is -0.465 e. The molecular formula is C54H60BrN17O4. The lowest BCUT2D eigenvalue weighted by molar-refractivity contribution is 0.0600. The number of hydroxylamine groups is 1. The minimum absolute atomic E-state index is 0. The standard InChI is InChI=1S/C18H18N4O2.C17H17N5O2.C9H10N4.C5H4BrN.C4H7N3.CH4/c1-21-12-10-17(20-21)22(16-5-3-4-11-19-16)13-14-6-8-15(9-7-14)18(23)24-2;1-21-11-9-16(19-21)22(15-4-2-3-10-18-15)12-13-5-7-14(8-6-13)17(23)20-24;1-13-7-5-9(12-13)11-8-4-2-3-6-10-8;6-5-3-1-2-4-7-5;1-7-3-2-4(5)6-7;/h3-12H,13H2,1-2H3;2-11,24H,12H2,1H3,(H,20,23);2-7H,1H3,(H,10,11,12);1-4H;2-3H,1H3,(H2,5,6);1H4. The Morgan fingerprint density at radius 2 is 1.00 bits per heavy atom. The smallest absolute Gasteiger partial charge is 0.337 e. The van der Waals surface area contributed by atoms with Gasteiger partial charge in [0.2, 0.25) is 0 Å². The van der Waals surface area contributed by atoms with E-state index in [1.807, 2.05) is 172 Å². The zero-order chi connectivity index (χ0) is 53.4. The summed E-state index contributed by atoms with van der Waals surface area (Å²) in [4.78, 5) is 43.8. The molecule has 0 unspecified atom stereocenters. The van der Waals surface area contributed by atoms with Gasteiger partial charge in [0.05, 0.1) is 25.8 Å². The Balaban J connectivity index is 0.000000190. The molecule has 22 heteroatoms. The lowest BCUT2D eigenvalue weighted by atomic mass is 10.1. The second-order valence-electron chi connectivity index (χ2n) is 15.9. The summed E-state index contributed by atoms with van der Waals surface area (Å²) >= 11 is 3.20. The van der Waals surface area contributed by atoms with Crippen molar-refractivity contribution in [3.63, 3.8) is 0 Å². The van der Waals surface area contributed by atoms with Crippen LogP contribution in [0.4, 0.5) is 40.7 Å². The van der Waals surface area contributed by atoms with E-state index >= 15 is 0 Å². The number of carbonyl (C=O) groups excluding carboxylic acids is 2. The van der Waals surface area contributed by atoms with Gasteiger partial charge < -0.3 is 25.6 Å². The maximum absolute atomic E-state index is 11.5. The molecule has 0 aliphatic rings. The van der Waals surface area contributed by atoms with Crippen molar-refractivity contribution < 1.29 is 19.5 Å². The number of rotatable bonds is 12. The Morgan fingerprint density at radius 1 is 0.539 bits per heavy atom. The molecular weight excluding hydrogens is 1030 g/mol. The number of esters is 1. The molecule has 5 N–H and O–H groups in total. The number of nitrogen functional groups attached to an aromatic ring is 1. The predicted molar refractivity (Wildman–Crippen MR) is 297 cm³/mol. The zero-order valence-electron chi connectivity index (χ0n) is 41.8. The number of carbonyl (C=O) groups is 2. The van der Waals surface area contributed by atoms with E-state index in [0.29, 0.717) is 30.0 Å². The number of hydrogen-bond donors (Lipinski definition) is 4. The number of nitrogens with zero attached hydrogens (tertiary/aromatic N) is 14. The van der Waals surface area contributed by atoms with E-state index in [1.54, 1.807) is 85.5 Å². The van der Waals surface area contributed by atoms with Crippen molar-refractivity contribution in [1.82, 2.24) is 64.5 Å². The third-order valence-electron chi connectivity index (χ3n) is 10.2. The molecule has 0 aliphatic carbocycles. The number of aromatic nitrogens is 12. The summed E-state index contributed by atoms with van der Waals surface area (Å²) in [6.07, 6.45) is 14.4. The molecule has 1 amide bonds. The van der Waals surface area contributed by atoms with Crippen LogP contribution in [0.25, 0.3) is 0 Å². The summed E-state index contributed by atoms with van der Waals surface area (Å²) in [5.74, 6) is 4.51. The van der Waals surface area contributed by atoms with Crippen LogP contribution in [0.5, 0.6) is 0 Å². The predicted octanol–water partition coefficient (Wildman–Crippen LogP) is 9.25.